The van der Waals surface area contributed by atoms with E-state index < -0.39 is 5.63 Å². The predicted octanol–water partition coefficient (Wildman–Crippen LogP) is 4.87. The number of ether oxygens (including phenoxy) is 2. The molecule has 1 aliphatic heterocycles. The SMILES string of the molecule is COC(=O)CCc1cc2c(C)cc(=O)oc2c2c1OCN(Cc1ccc(Cl)cc1Cl)C2. The Kier molecular flexibility index (Phi) is 6.23. The maximum absolute atomic E-state index is 12.1. The highest BCUT2D eigenvalue weighted by Crippen LogP contribution is 2.38. The fraction of sp³-hybridized carbons (Fsp3) is 0.304. The van der Waals surface area contributed by atoms with E-state index in [1.54, 1.807) is 12.1 Å². The van der Waals surface area contributed by atoms with Crippen LogP contribution in [0.5, 0.6) is 5.75 Å². The molecule has 0 saturated carbocycles. The standard InChI is InChI=1S/C23H21Cl2NO5/c1-13-7-21(28)31-23-17(13)8-14(4-6-20(27)29-2)22-18(23)11-26(12-30-22)10-15-3-5-16(24)9-19(15)25/h3,5,7-9H,4,6,10-12H2,1-2H3. The van der Waals surface area contributed by atoms with E-state index in [1.165, 1.54) is 13.2 Å². The van der Waals surface area contributed by atoms with Crippen molar-refractivity contribution in [3.63, 3.8) is 0 Å². The number of aryl methyl sites for hydroxylation is 2. The minimum Gasteiger partial charge on any atom is -0.477 e. The van der Waals surface area contributed by atoms with Crippen LogP contribution < -0.4 is 10.4 Å². The van der Waals surface area contributed by atoms with Gasteiger partial charge in [0.1, 0.15) is 18.1 Å². The average molecular weight is 462 g/mol. The van der Waals surface area contributed by atoms with Crippen LogP contribution in [0.15, 0.2) is 39.5 Å². The molecule has 0 fully saturated rings. The summed E-state index contributed by atoms with van der Waals surface area (Å²) in [5.74, 6) is 0.364. The van der Waals surface area contributed by atoms with E-state index in [2.05, 4.69) is 4.90 Å². The Hall–Kier alpha value is -2.54. The normalized spacial score (nSPS) is 13.7. The van der Waals surface area contributed by atoms with Crippen LogP contribution in [0.25, 0.3) is 11.0 Å². The molecule has 0 bridgehead atoms. The largest absolute Gasteiger partial charge is 0.477 e. The van der Waals surface area contributed by atoms with Gasteiger partial charge in [0, 0.05) is 41.0 Å². The first-order chi connectivity index (χ1) is 14.9. The molecule has 0 unspecified atom stereocenters. The van der Waals surface area contributed by atoms with Crippen molar-refractivity contribution in [1.29, 1.82) is 0 Å². The molecule has 2 heterocycles. The zero-order valence-electron chi connectivity index (χ0n) is 17.2. The second kappa shape index (κ2) is 8.91. The Morgan fingerprint density at radius 2 is 2.00 bits per heavy atom. The van der Waals surface area contributed by atoms with Crippen molar-refractivity contribution in [3.8, 4) is 5.75 Å². The van der Waals surface area contributed by atoms with E-state index in [4.69, 9.17) is 37.1 Å². The molecular formula is C23H21Cl2NO5. The quantitative estimate of drug-likeness (QED) is 0.398. The average Bonchev–Trinajstić information content (AvgIpc) is 2.74. The molecule has 8 heteroatoms. The number of carbonyl (C=O) groups is 1. The Morgan fingerprint density at radius 3 is 2.74 bits per heavy atom. The molecule has 4 rings (SSSR count). The lowest BCUT2D eigenvalue weighted by Crippen LogP contribution is -2.32. The van der Waals surface area contributed by atoms with Gasteiger partial charge in [-0.15, -0.1) is 0 Å². The minimum atomic E-state index is -0.410. The third-order valence-electron chi connectivity index (χ3n) is 5.37. The van der Waals surface area contributed by atoms with Crippen molar-refractivity contribution < 1.29 is 18.7 Å². The third-order valence-corrected chi connectivity index (χ3v) is 5.96. The third kappa shape index (κ3) is 4.56. The molecule has 162 valence electrons. The number of nitrogens with zero attached hydrogens (tertiary/aromatic N) is 1. The highest BCUT2D eigenvalue weighted by atomic mass is 35.5. The highest BCUT2D eigenvalue weighted by molar-refractivity contribution is 6.35. The van der Waals surface area contributed by atoms with Gasteiger partial charge < -0.3 is 13.9 Å². The number of rotatable bonds is 5. The van der Waals surface area contributed by atoms with Crippen molar-refractivity contribution in [2.45, 2.75) is 32.9 Å². The lowest BCUT2D eigenvalue weighted by molar-refractivity contribution is -0.140. The second-order valence-corrected chi connectivity index (χ2v) is 8.38. The van der Waals surface area contributed by atoms with Gasteiger partial charge in [-0.3, -0.25) is 9.69 Å². The Labute approximate surface area is 189 Å². The lowest BCUT2D eigenvalue weighted by Gasteiger charge is -2.31. The first-order valence-electron chi connectivity index (χ1n) is 9.81. The topological polar surface area (TPSA) is 69.0 Å². The maximum atomic E-state index is 12.1. The van der Waals surface area contributed by atoms with Crippen LogP contribution in [0.3, 0.4) is 0 Å². The van der Waals surface area contributed by atoms with Gasteiger partial charge in [0.15, 0.2) is 0 Å². The number of fused-ring (bicyclic) bond motifs is 3. The van der Waals surface area contributed by atoms with Gasteiger partial charge in [0.2, 0.25) is 0 Å². The number of hydrogen-bond acceptors (Lipinski definition) is 6. The summed E-state index contributed by atoms with van der Waals surface area (Å²) in [6.45, 7) is 3.24. The number of carbonyl (C=O) groups excluding carboxylic acids is 1. The van der Waals surface area contributed by atoms with Crippen LogP contribution in [0.2, 0.25) is 10.0 Å². The van der Waals surface area contributed by atoms with Crippen LogP contribution in [0.4, 0.5) is 0 Å². The molecule has 0 saturated heterocycles. The molecule has 2 aromatic carbocycles. The van der Waals surface area contributed by atoms with Gasteiger partial charge in [-0.2, -0.15) is 0 Å². The van der Waals surface area contributed by atoms with Crippen LogP contribution in [-0.4, -0.2) is 24.7 Å². The van der Waals surface area contributed by atoms with Gasteiger partial charge in [-0.25, -0.2) is 4.79 Å². The molecule has 0 aliphatic carbocycles. The maximum Gasteiger partial charge on any atom is 0.336 e. The van der Waals surface area contributed by atoms with Crippen LogP contribution in [0, 0.1) is 6.92 Å². The first-order valence-corrected chi connectivity index (χ1v) is 10.6. The summed E-state index contributed by atoms with van der Waals surface area (Å²) in [5.41, 5.74) is 3.50. The van der Waals surface area contributed by atoms with Gasteiger partial charge >= 0.3 is 11.6 Å². The predicted molar refractivity (Wildman–Crippen MR) is 119 cm³/mol. The van der Waals surface area contributed by atoms with Crippen LogP contribution >= 0.6 is 23.2 Å². The van der Waals surface area contributed by atoms with E-state index in [0.717, 1.165) is 27.6 Å². The molecule has 0 N–H and O–H groups in total. The molecule has 0 radical (unpaired) electrons. The molecule has 0 atom stereocenters. The van der Waals surface area contributed by atoms with E-state index in [-0.39, 0.29) is 12.4 Å². The number of hydrogen-bond donors (Lipinski definition) is 0. The number of esters is 1. The fourth-order valence-electron chi connectivity index (χ4n) is 3.82. The number of methoxy groups -OCH3 is 1. The zero-order valence-corrected chi connectivity index (χ0v) is 18.7. The Bertz CT molecular complexity index is 1220. The molecule has 1 aliphatic rings. The first kappa shape index (κ1) is 21.7. The van der Waals surface area contributed by atoms with Crippen molar-refractivity contribution in [2.24, 2.45) is 0 Å². The van der Waals surface area contributed by atoms with E-state index in [9.17, 15) is 9.59 Å². The van der Waals surface area contributed by atoms with Gasteiger partial charge in [0.25, 0.3) is 0 Å². The van der Waals surface area contributed by atoms with E-state index in [1.807, 2.05) is 19.1 Å². The monoisotopic (exact) mass is 461 g/mol. The van der Waals surface area contributed by atoms with Crippen LogP contribution in [0.1, 0.15) is 28.7 Å². The molecule has 31 heavy (non-hydrogen) atoms. The molecule has 3 aromatic rings. The van der Waals surface area contributed by atoms with Crippen molar-refractivity contribution >= 4 is 40.1 Å². The Morgan fingerprint density at radius 1 is 1.19 bits per heavy atom. The van der Waals surface area contributed by atoms with Crippen molar-refractivity contribution in [1.82, 2.24) is 4.90 Å². The Balaban J connectivity index is 1.73. The molecule has 1 aromatic heterocycles. The summed E-state index contributed by atoms with van der Waals surface area (Å²) in [7, 11) is 1.37. The van der Waals surface area contributed by atoms with Crippen LogP contribution in [-0.2, 0) is 29.0 Å². The summed E-state index contributed by atoms with van der Waals surface area (Å²) in [4.78, 5) is 25.8. The number of benzene rings is 2. The summed E-state index contributed by atoms with van der Waals surface area (Å²) in [5, 5.41) is 1.98. The van der Waals surface area contributed by atoms with Crippen molar-refractivity contribution in [3.05, 3.63) is 73.1 Å². The number of halogens is 2. The summed E-state index contributed by atoms with van der Waals surface area (Å²) in [6.07, 6.45) is 0.699. The summed E-state index contributed by atoms with van der Waals surface area (Å²) >= 11 is 12.3. The summed E-state index contributed by atoms with van der Waals surface area (Å²) in [6, 6.07) is 8.79. The van der Waals surface area contributed by atoms with E-state index in [0.29, 0.717) is 47.6 Å². The second-order valence-electron chi connectivity index (χ2n) is 7.54. The fourth-order valence-corrected chi connectivity index (χ4v) is 4.29. The molecule has 6 nitrogen and oxygen atoms in total. The molecular weight excluding hydrogens is 441 g/mol. The zero-order chi connectivity index (χ0) is 22.1. The summed E-state index contributed by atoms with van der Waals surface area (Å²) < 4.78 is 16.5. The van der Waals surface area contributed by atoms with Gasteiger partial charge in [-0.1, -0.05) is 29.3 Å². The highest BCUT2D eigenvalue weighted by Gasteiger charge is 2.26. The van der Waals surface area contributed by atoms with Gasteiger partial charge in [0.05, 0.1) is 12.7 Å². The molecule has 0 spiro atoms. The van der Waals surface area contributed by atoms with Gasteiger partial charge in [-0.05, 0) is 48.2 Å². The molecule has 0 amide bonds. The van der Waals surface area contributed by atoms with E-state index >= 15 is 0 Å². The lowest BCUT2D eigenvalue weighted by atomic mass is 9.97. The van der Waals surface area contributed by atoms with Crippen molar-refractivity contribution in [2.75, 3.05) is 13.8 Å². The minimum absolute atomic E-state index is 0.234. The smallest absolute Gasteiger partial charge is 0.336 e.